The minimum Gasteiger partial charge on any atom is -0.325 e. The molecule has 1 aromatic heterocycles. The van der Waals surface area contributed by atoms with Gasteiger partial charge in [0.25, 0.3) is 0 Å². The molecule has 0 unspecified atom stereocenters. The molecule has 1 amide bonds. The number of amides is 1. The maximum Gasteiger partial charge on any atom is 0.237 e. The molecule has 0 bridgehead atoms. The van der Waals surface area contributed by atoms with Crippen LogP contribution in [-0.2, 0) is 24.7 Å². The maximum atomic E-state index is 12.5. The third-order valence-electron chi connectivity index (χ3n) is 4.83. The number of aromatic nitrogens is 3. The second kappa shape index (κ2) is 6.24. The Bertz CT molecular complexity index is 781. The number of nitrogens with one attached hydrogen (secondary N) is 1. The number of hydrogen-bond acceptors (Lipinski definition) is 4. The second-order valence-corrected chi connectivity index (χ2v) is 8.07. The van der Waals surface area contributed by atoms with Gasteiger partial charge in [0.05, 0.1) is 5.25 Å². The fraction of sp³-hybridized carbons (Fsp3) is 0.500. The number of nitrogens with zero attached hydrogens (tertiary/aromatic N) is 3. The van der Waals surface area contributed by atoms with E-state index in [1.165, 1.54) is 42.2 Å². The van der Waals surface area contributed by atoms with Gasteiger partial charge in [-0.2, -0.15) is 0 Å². The van der Waals surface area contributed by atoms with Crippen LogP contribution in [0.4, 0.5) is 5.69 Å². The fourth-order valence-electron chi connectivity index (χ4n) is 3.23. The van der Waals surface area contributed by atoms with Crippen LogP contribution in [0.3, 0.4) is 0 Å². The summed E-state index contributed by atoms with van der Waals surface area (Å²) in [6.07, 6.45) is 5.89. The lowest BCUT2D eigenvalue weighted by atomic mass is 10.1. The van der Waals surface area contributed by atoms with Crippen LogP contribution >= 0.6 is 11.8 Å². The van der Waals surface area contributed by atoms with Crippen molar-refractivity contribution in [1.29, 1.82) is 0 Å². The first-order valence-corrected chi connectivity index (χ1v) is 9.48. The Hall–Kier alpha value is -1.82. The van der Waals surface area contributed by atoms with Crippen molar-refractivity contribution >= 4 is 23.4 Å². The highest BCUT2D eigenvalue weighted by molar-refractivity contribution is 8.00. The number of thioether (sulfide) groups is 1. The van der Waals surface area contributed by atoms with Crippen molar-refractivity contribution in [3.8, 4) is 0 Å². The first-order valence-electron chi connectivity index (χ1n) is 8.60. The molecule has 5 nitrogen and oxygen atoms in total. The van der Waals surface area contributed by atoms with Gasteiger partial charge in [-0.3, -0.25) is 4.79 Å². The van der Waals surface area contributed by atoms with E-state index >= 15 is 0 Å². The Labute approximate surface area is 146 Å². The first kappa shape index (κ1) is 15.7. The lowest BCUT2D eigenvalue weighted by molar-refractivity contribution is -0.115. The van der Waals surface area contributed by atoms with E-state index in [4.69, 9.17) is 0 Å². The van der Waals surface area contributed by atoms with Crippen molar-refractivity contribution in [2.45, 2.75) is 55.4 Å². The quantitative estimate of drug-likeness (QED) is 0.847. The Morgan fingerprint density at radius 1 is 1.29 bits per heavy atom. The molecule has 2 aromatic rings. The van der Waals surface area contributed by atoms with Crippen LogP contribution < -0.4 is 5.32 Å². The van der Waals surface area contributed by atoms with E-state index in [0.29, 0.717) is 5.92 Å². The molecule has 2 aliphatic carbocycles. The van der Waals surface area contributed by atoms with Crippen LogP contribution in [0, 0.1) is 0 Å². The van der Waals surface area contributed by atoms with Gasteiger partial charge < -0.3 is 9.88 Å². The van der Waals surface area contributed by atoms with Crippen molar-refractivity contribution in [3.05, 3.63) is 35.2 Å². The molecular weight excluding hydrogens is 320 g/mol. The van der Waals surface area contributed by atoms with Crippen molar-refractivity contribution in [3.63, 3.8) is 0 Å². The summed E-state index contributed by atoms with van der Waals surface area (Å²) in [6.45, 7) is 1.92. The Balaban J connectivity index is 1.40. The summed E-state index contributed by atoms with van der Waals surface area (Å²) in [5.74, 6) is 1.62. The Kier molecular flexibility index (Phi) is 4.08. The normalized spacial score (nSPS) is 17.6. The molecule has 0 aliphatic heterocycles. The van der Waals surface area contributed by atoms with Gasteiger partial charge in [-0.05, 0) is 62.3 Å². The van der Waals surface area contributed by atoms with Gasteiger partial charge in [-0.25, -0.2) is 0 Å². The van der Waals surface area contributed by atoms with E-state index in [1.807, 2.05) is 24.6 Å². The standard InChI is InChI=1S/C18H22N4OS/c1-11(24-18-21-20-16(22(18)2)13-6-7-13)17(23)19-15-9-8-12-4-3-5-14(12)10-15/h8-11,13H,3-7H2,1-2H3,(H,19,23)/t11-/m1/s1. The largest absolute Gasteiger partial charge is 0.325 e. The van der Waals surface area contributed by atoms with E-state index in [-0.39, 0.29) is 11.2 Å². The average molecular weight is 342 g/mol. The number of aryl methyl sites for hydroxylation is 2. The summed E-state index contributed by atoms with van der Waals surface area (Å²) in [5.41, 5.74) is 3.68. The monoisotopic (exact) mass is 342 g/mol. The summed E-state index contributed by atoms with van der Waals surface area (Å²) in [4.78, 5) is 12.5. The van der Waals surface area contributed by atoms with Gasteiger partial charge in [-0.1, -0.05) is 17.8 Å². The average Bonchev–Trinajstić information content (AvgIpc) is 3.19. The lowest BCUT2D eigenvalue weighted by Gasteiger charge is -2.12. The molecule has 0 spiro atoms. The third-order valence-corrected chi connectivity index (χ3v) is 5.96. The zero-order valence-corrected chi connectivity index (χ0v) is 14.9. The highest BCUT2D eigenvalue weighted by Crippen LogP contribution is 2.39. The minimum atomic E-state index is -0.215. The zero-order chi connectivity index (χ0) is 16.7. The van der Waals surface area contributed by atoms with E-state index in [1.54, 1.807) is 0 Å². The molecule has 1 heterocycles. The van der Waals surface area contributed by atoms with Gasteiger partial charge in [-0.15, -0.1) is 10.2 Å². The molecule has 1 aromatic carbocycles. The molecule has 126 valence electrons. The van der Waals surface area contributed by atoms with Crippen molar-refractivity contribution < 1.29 is 4.79 Å². The van der Waals surface area contributed by atoms with E-state index in [0.717, 1.165) is 29.5 Å². The highest BCUT2D eigenvalue weighted by Gasteiger charge is 2.30. The van der Waals surface area contributed by atoms with Crippen LogP contribution in [0.5, 0.6) is 0 Å². The topological polar surface area (TPSA) is 59.8 Å². The summed E-state index contributed by atoms with van der Waals surface area (Å²) in [5, 5.41) is 12.2. The highest BCUT2D eigenvalue weighted by atomic mass is 32.2. The van der Waals surface area contributed by atoms with Crippen LogP contribution in [0.1, 0.15) is 49.1 Å². The number of carbonyl (C=O) groups excluding carboxylic acids is 1. The Morgan fingerprint density at radius 3 is 2.88 bits per heavy atom. The van der Waals surface area contributed by atoms with Gasteiger partial charge in [0, 0.05) is 18.7 Å². The van der Waals surface area contributed by atoms with Crippen molar-refractivity contribution in [2.75, 3.05) is 5.32 Å². The molecule has 0 saturated heterocycles. The predicted molar refractivity (Wildman–Crippen MR) is 95.4 cm³/mol. The molecule has 0 radical (unpaired) electrons. The molecule has 1 fully saturated rings. The van der Waals surface area contributed by atoms with Crippen molar-refractivity contribution in [2.24, 2.45) is 7.05 Å². The second-order valence-electron chi connectivity index (χ2n) is 6.76. The summed E-state index contributed by atoms with van der Waals surface area (Å²) in [6, 6.07) is 6.26. The zero-order valence-electron chi connectivity index (χ0n) is 14.1. The van der Waals surface area contributed by atoms with Crippen LogP contribution in [0.15, 0.2) is 23.4 Å². The lowest BCUT2D eigenvalue weighted by Crippen LogP contribution is -2.23. The number of benzene rings is 1. The van der Waals surface area contributed by atoms with Gasteiger partial charge in [0.2, 0.25) is 5.91 Å². The number of carbonyl (C=O) groups is 1. The molecule has 1 N–H and O–H groups in total. The summed E-state index contributed by atoms with van der Waals surface area (Å²) in [7, 11) is 1.99. The number of anilines is 1. The smallest absolute Gasteiger partial charge is 0.237 e. The molecule has 1 saturated carbocycles. The maximum absolute atomic E-state index is 12.5. The fourth-order valence-corrected chi connectivity index (χ4v) is 4.05. The van der Waals surface area contributed by atoms with Crippen molar-refractivity contribution in [1.82, 2.24) is 14.8 Å². The molecule has 1 atom stereocenters. The number of rotatable bonds is 5. The van der Waals surface area contributed by atoms with Crippen LogP contribution in [0.25, 0.3) is 0 Å². The SMILES string of the molecule is C[C@@H](Sc1nnc(C2CC2)n1C)C(=O)Nc1ccc2c(c1)CCC2. The van der Waals surface area contributed by atoms with E-state index < -0.39 is 0 Å². The molecule has 6 heteroatoms. The minimum absolute atomic E-state index is 0.00826. The van der Waals surface area contributed by atoms with Gasteiger partial charge in [0.1, 0.15) is 5.82 Å². The number of fused-ring (bicyclic) bond motifs is 1. The number of hydrogen-bond donors (Lipinski definition) is 1. The first-order chi connectivity index (χ1) is 11.6. The summed E-state index contributed by atoms with van der Waals surface area (Å²) < 4.78 is 2.03. The molecular formula is C18H22N4OS. The molecule has 24 heavy (non-hydrogen) atoms. The van der Waals surface area contributed by atoms with Gasteiger partial charge in [0.15, 0.2) is 5.16 Å². The van der Waals surface area contributed by atoms with Crippen LogP contribution in [-0.4, -0.2) is 25.9 Å². The third kappa shape index (κ3) is 3.07. The Morgan fingerprint density at radius 2 is 2.08 bits per heavy atom. The van der Waals surface area contributed by atoms with Crippen LogP contribution in [0.2, 0.25) is 0 Å². The predicted octanol–water partition coefficient (Wildman–Crippen LogP) is 3.30. The van der Waals surface area contributed by atoms with E-state index in [9.17, 15) is 4.79 Å². The molecule has 2 aliphatic rings. The summed E-state index contributed by atoms with van der Waals surface area (Å²) >= 11 is 1.47. The van der Waals surface area contributed by atoms with Gasteiger partial charge >= 0.3 is 0 Å². The molecule has 4 rings (SSSR count). The van der Waals surface area contributed by atoms with E-state index in [2.05, 4.69) is 27.6 Å².